The van der Waals surface area contributed by atoms with Gasteiger partial charge in [-0.2, -0.15) is 0 Å². The molecule has 1 heterocycles. The summed E-state index contributed by atoms with van der Waals surface area (Å²) >= 11 is 6.49. The fourth-order valence-corrected chi connectivity index (χ4v) is 3.64. The second kappa shape index (κ2) is 10.2. The van der Waals surface area contributed by atoms with Crippen molar-refractivity contribution in [1.82, 2.24) is 14.7 Å². The van der Waals surface area contributed by atoms with Crippen molar-refractivity contribution in [2.45, 2.75) is 25.3 Å². The molecule has 4 heteroatoms. The molecule has 0 bridgehead atoms. The zero-order valence-corrected chi connectivity index (χ0v) is 16.2. The van der Waals surface area contributed by atoms with E-state index in [1.807, 2.05) is 6.07 Å². The van der Waals surface area contributed by atoms with Crippen molar-refractivity contribution in [2.75, 3.05) is 53.9 Å². The van der Waals surface area contributed by atoms with Gasteiger partial charge in [-0.05, 0) is 71.7 Å². The van der Waals surface area contributed by atoms with Crippen molar-refractivity contribution in [3.05, 3.63) is 40.9 Å². The zero-order valence-electron chi connectivity index (χ0n) is 15.4. The van der Waals surface area contributed by atoms with Gasteiger partial charge in [0.25, 0.3) is 0 Å². The van der Waals surface area contributed by atoms with Crippen LogP contribution in [-0.4, -0.2) is 74.6 Å². The van der Waals surface area contributed by atoms with E-state index in [2.05, 4.69) is 66.2 Å². The number of nitrogens with zero attached hydrogens (tertiary/aromatic N) is 3. The van der Waals surface area contributed by atoms with Crippen molar-refractivity contribution >= 4 is 17.7 Å². The van der Waals surface area contributed by atoms with Crippen molar-refractivity contribution < 1.29 is 0 Å². The Hall–Kier alpha value is -0.870. The molecule has 1 unspecified atom stereocenters. The highest BCUT2D eigenvalue weighted by Gasteiger charge is 2.23. The smallest absolute Gasteiger partial charge is 0.0342 e. The molecule has 0 saturated carbocycles. The number of hydrogen-bond donors (Lipinski definition) is 0. The van der Waals surface area contributed by atoms with Gasteiger partial charge in [0.1, 0.15) is 0 Å². The molecular formula is C20H32ClN3. The topological polar surface area (TPSA) is 9.72 Å². The van der Waals surface area contributed by atoms with Crippen LogP contribution in [0.2, 0.25) is 0 Å². The number of likely N-dealkylation sites (N-methyl/N-ethyl adjacent to an activating group) is 1. The molecule has 1 atom stereocenters. The number of benzene rings is 1. The van der Waals surface area contributed by atoms with E-state index in [1.54, 1.807) is 0 Å². The van der Waals surface area contributed by atoms with Gasteiger partial charge in [-0.15, -0.1) is 0 Å². The molecule has 0 aliphatic carbocycles. The highest BCUT2D eigenvalue weighted by molar-refractivity contribution is 6.31. The van der Waals surface area contributed by atoms with Gasteiger partial charge in [-0.3, -0.25) is 4.90 Å². The molecular weight excluding hydrogens is 318 g/mol. The summed E-state index contributed by atoms with van der Waals surface area (Å²) in [6.07, 6.45) is 5.88. The molecule has 1 aliphatic heterocycles. The predicted molar refractivity (Wildman–Crippen MR) is 106 cm³/mol. The van der Waals surface area contributed by atoms with Crippen LogP contribution < -0.4 is 0 Å². The predicted octanol–water partition coefficient (Wildman–Crippen LogP) is 3.61. The summed E-state index contributed by atoms with van der Waals surface area (Å²) in [4.78, 5) is 7.29. The maximum absolute atomic E-state index is 6.49. The van der Waals surface area contributed by atoms with Gasteiger partial charge in [0.15, 0.2) is 0 Å². The van der Waals surface area contributed by atoms with E-state index in [-0.39, 0.29) is 0 Å². The van der Waals surface area contributed by atoms with Crippen LogP contribution in [0.5, 0.6) is 0 Å². The second-order valence-corrected chi connectivity index (χ2v) is 7.66. The molecule has 3 nitrogen and oxygen atoms in total. The summed E-state index contributed by atoms with van der Waals surface area (Å²) in [5.74, 6) is 0. The van der Waals surface area contributed by atoms with Gasteiger partial charge < -0.3 is 9.80 Å². The summed E-state index contributed by atoms with van der Waals surface area (Å²) in [6.45, 7) is 5.47. The standard InChI is InChI=1S/C20H32ClN3/c1-22(2)12-8-13-23(3)20-11-7-14-24(17-20)16-19(21)15-18-9-5-4-6-10-18/h4-6,9-10,15,20H,7-8,11-14,16-17H2,1-3H3/b19-15-. The monoisotopic (exact) mass is 349 g/mol. The maximum atomic E-state index is 6.49. The number of hydrogen-bond acceptors (Lipinski definition) is 3. The first-order valence-corrected chi connectivity index (χ1v) is 9.41. The molecule has 0 radical (unpaired) electrons. The van der Waals surface area contributed by atoms with Crippen molar-refractivity contribution in [2.24, 2.45) is 0 Å². The van der Waals surface area contributed by atoms with Gasteiger partial charge in [-0.1, -0.05) is 41.9 Å². The first kappa shape index (κ1) is 19.5. The number of piperidine rings is 1. The van der Waals surface area contributed by atoms with Crippen LogP contribution in [-0.2, 0) is 0 Å². The van der Waals surface area contributed by atoms with Crippen LogP contribution in [0.3, 0.4) is 0 Å². The van der Waals surface area contributed by atoms with E-state index in [9.17, 15) is 0 Å². The van der Waals surface area contributed by atoms with Crippen LogP contribution in [0.25, 0.3) is 6.08 Å². The lowest BCUT2D eigenvalue weighted by molar-refractivity contribution is 0.121. The fourth-order valence-electron chi connectivity index (χ4n) is 3.34. The van der Waals surface area contributed by atoms with Crippen LogP contribution in [0.4, 0.5) is 0 Å². The molecule has 1 saturated heterocycles. The summed E-state index contributed by atoms with van der Waals surface area (Å²) in [5, 5.41) is 0.928. The number of rotatable bonds is 8. The van der Waals surface area contributed by atoms with E-state index in [0.717, 1.165) is 31.2 Å². The summed E-state index contributed by atoms with van der Waals surface area (Å²) in [6, 6.07) is 11.0. The van der Waals surface area contributed by atoms with Gasteiger partial charge in [0.2, 0.25) is 0 Å². The normalized spacial score (nSPS) is 20.1. The van der Waals surface area contributed by atoms with Gasteiger partial charge >= 0.3 is 0 Å². The van der Waals surface area contributed by atoms with E-state index in [4.69, 9.17) is 11.6 Å². The third-order valence-electron chi connectivity index (χ3n) is 4.72. The minimum Gasteiger partial charge on any atom is -0.309 e. The summed E-state index contributed by atoms with van der Waals surface area (Å²) in [7, 11) is 6.55. The Balaban J connectivity index is 1.81. The Morgan fingerprint density at radius 1 is 1.21 bits per heavy atom. The van der Waals surface area contributed by atoms with Crippen LogP contribution in [0.15, 0.2) is 35.4 Å². The molecule has 1 aliphatic rings. The molecule has 134 valence electrons. The molecule has 2 rings (SSSR count). The first-order valence-electron chi connectivity index (χ1n) is 9.03. The lowest BCUT2D eigenvalue weighted by Crippen LogP contribution is -2.47. The molecule has 0 N–H and O–H groups in total. The maximum Gasteiger partial charge on any atom is 0.0342 e. The van der Waals surface area contributed by atoms with Crippen LogP contribution >= 0.6 is 11.6 Å². The summed E-state index contributed by atoms with van der Waals surface area (Å²) < 4.78 is 0. The summed E-state index contributed by atoms with van der Waals surface area (Å²) in [5.41, 5.74) is 1.18. The van der Waals surface area contributed by atoms with E-state index < -0.39 is 0 Å². The largest absolute Gasteiger partial charge is 0.309 e. The van der Waals surface area contributed by atoms with Gasteiger partial charge in [0.05, 0.1) is 0 Å². The van der Waals surface area contributed by atoms with E-state index in [0.29, 0.717) is 6.04 Å². The molecule has 0 spiro atoms. The molecule has 1 fully saturated rings. The Morgan fingerprint density at radius 2 is 1.96 bits per heavy atom. The SMILES string of the molecule is CN(C)CCCN(C)C1CCCN(C/C(Cl)=C/c2ccccc2)C1. The molecule has 1 aromatic carbocycles. The van der Waals surface area contributed by atoms with Crippen LogP contribution in [0.1, 0.15) is 24.8 Å². The van der Waals surface area contributed by atoms with E-state index >= 15 is 0 Å². The highest BCUT2D eigenvalue weighted by Crippen LogP contribution is 2.18. The minimum absolute atomic E-state index is 0.655. The number of halogens is 1. The Kier molecular flexibility index (Phi) is 8.26. The van der Waals surface area contributed by atoms with Gasteiger partial charge in [-0.25, -0.2) is 0 Å². The lowest BCUT2D eigenvalue weighted by atomic mass is 10.0. The first-order chi connectivity index (χ1) is 11.5. The van der Waals surface area contributed by atoms with Crippen molar-refractivity contribution in [3.8, 4) is 0 Å². The molecule has 0 amide bonds. The third kappa shape index (κ3) is 6.94. The molecule has 0 aromatic heterocycles. The molecule has 24 heavy (non-hydrogen) atoms. The quantitative estimate of drug-likeness (QED) is 0.709. The average Bonchev–Trinajstić information content (AvgIpc) is 2.55. The second-order valence-electron chi connectivity index (χ2n) is 7.17. The Morgan fingerprint density at radius 3 is 2.67 bits per heavy atom. The fraction of sp³-hybridized carbons (Fsp3) is 0.600. The van der Waals surface area contributed by atoms with Gasteiger partial charge in [0, 0.05) is 24.2 Å². The van der Waals surface area contributed by atoms with E-state index in [1.165, 1.54) is 31.4 Å². The average molecular weight is 350 g/mol. The Labute approximate surface area is 152 Å². The van der Waals surface area contributed by atoms with Crippen LogP contribution in [0, 0.1) is 0 Å². The lowest BCUT2D eigenvalue weighted by Gasteiger charge is -2.37. The zero-order chi connectivity index (χ0) is 17.4. The Bertz CT molecular complexity index is 501. The van der Waals surface area contributed by atoms with Crippen molar-refractivity contribution in [1.29, 1.82) is 0 Å². The third-order valence-corrected chi connectivity index (χ3v) is 4.95. The number of likely N-dealkylation sites (tertiary alicyclic amines) is 1. The minimum atomic E-state index is 0.655. The highest BCUT2D eigenvalue weighted by atomic mass is 35.5. The molecule has 1 aromatic rings. The van der Waals surface area contributed by atoms with Crippen molar-refractivity contribution in [3.63, 3.8) is 0 Å².